The molecule has 0 unspecified atom stereocenters. The summed E-state index contributed by atoms with van der Waals surface area (Å²) in [6.45, 7) is 1.70. The Kier molecular flexibility index (Phi) is 5.19. The maximum Gasteiger partial charge on any atom is 0.279 e. The normalized spacial score (nSPS) is 13.1. The zero-order chi connectivity index (χ0) is 19.7. The Balaban J connectivity index is 1.47. The first-order valence-corrected chi connectivity index (χ1v) is 10.3. The van der Waals surface area contributed by atoms with Gasteiger partial charge in [0.2, 0.25) is 0 Å². The first-order chi connectivity index (χ1) is 13.5. The number of fused-ring (bicyclic) bond motifs is 1. The Morgan fingerprint density at radius 1 is 1.11 bits per heavy atom. The summed E-state index contributed by atoms with van der Waals surface area (Å²) in [5.74, 6) is -0.823. The topological polar surface area (TPSA) is 76.0 Å². The van der Waals surface area contributed by atoms with Crippen LogP contribution in [0.3, 0.4) is 0 Å². The third-order valence-electron chi connectivity index (χ3n) is 4.74. The van der Waals surface area contributed by atoms with Gasteiger partial charge < -0.3 is 0 Å². The van der Waals surface area contributed by atoms with Gasteiger partial charge in [0.05, 0.1) is 16.3 Å². The van der Waals surface area contributed by atoms with E-state index in [0.717, 1.165) is 31.4 Å². The van der Waals surface area contributed by atoms with Gasteiger partial charge in [0.25, 0.3) is 11.8 Å². The minimum Gasteiger partial charge on any atom is -0.267 e. The highest BCUT2D eigenvalue weighted by molar-refractivity contribution is 7.14. The lowest BCUT2D eigenvalue weighted by molar-refractivity contribution is 0.0848. The standard InChI is InChI=1S/C20H19ClN4O2S/c1-12-17(18(21)25(24-12)14-8-3-2-4-9-14)20(27)23-22-19(26)16-11-13-7-5-6-10-15(13)28-16/h2-4,8-9,11H,5-7,10H2,1H3,(H,22,26)(H,23,27). The van der Waals surface area contributed by atoms with E-state index < -0.39 is 5.91 Å². The second-order valence-corrected chi connectivity index (χ2v) is 8.17. The van der Waals surface area contributed by atoms with Gasteiger partial charge >= 0.3 is 0 Å². The number of nitrogens with one attached hydrogen (secondary N) is 2. The van der Waals surface area contributed by atoms with Crippen molar-refractivity contribution in [2.75, 3.05) is 0 Å². The van der Waals surface area contributed by atoms with Crippen LogP contribution in [0, 0.1) is 6.92 Å². The number of benzene rings is 1. The average molecular weight is 415 g/mol. The number of carbonyl (C=O) groups is 2. The van der Waals surface area contributed by atoms with Crippen molar-refractivity contribution in [3.8, 4) is 5.69 Å². The summed E-state index contributed by atoms with van der Waals surface area (Å²) < 4.78 is 1.50. The highest BCUT2D eigenvalue weighted by atomic mass is 35.5. The van der Waals surface area contributed by atoms with Gasteiger partial charge in [-0.25, -0.2) is 4.68 Å². The van der Waals surface area contributed by atoms with Gasteiger partial charge in [0.15, 0.2) is 0 Å². The summed E-state index contributed by atoms with van der Waals surface area (Å²) in [7, 11) is 0. The van der Waals surface area contributed by atoms with E-state index in [2.05, 4.69) is 16.0 Å². The molecule has 1 aliphatic carbocycles. The van der Waals surface area contributed by atoms with Gasteiger partial charge in [-0.3, -0.25) is 20.4 Å². The molecule has 2 N–H and O–H groups in total. The van der Waals surface area contributed by atoms with Crippen molar-refractivity contribution in [1.82, 2.24) is 20.6 Å². The molecule has 0 fully saturated rings. The van der Waals surface area contributed by atoms with Gasteiger partial charge in [-0.1, -0.05) is 29.8 Å². The van der Waals surface area contributed by atoms with Gasteiger partial charge in [0.1, 0.15) is 10.7 Å². The predicted molar refractivity (Wildman–Crippen MR) is 109 cm³/mol. The zero-order valence-electron chi connectivity index (χ0n) is 15.3. The number of rotatable bonds is 3. The molecule has 0 spiro atoms. The van der Waals surface area contributed by atoms with E-state index in [1.54, 1.807) is 6.92 Å². The zero-order valence-corrected chi connectivity index (χ0v) is 16.9. The van der Waals surface area contributed by atoms with Crippen molar-refractivity contribution < 1.29 is 9.59 Å². The number of thiophene rings is 1. The molecule has 4 rings (SSSR count). The van der Waals surface area contributed by atoms with Crippen LogP contribution in [0.25, 0.3) is 5.69 Å². The molecule has 2 aromatic heterocycles. The quantitative estimate of drug-likeness (QED) is 0.639. The number of hydrogen-bond donors (Lipinski definition) is 2. The van der Waals surface area contributed by atoms with Crippen molar-refractivity contribution in [3.63, 3.8) is 0 Å². The molecule has 0 aliphatic heterocycles. The number of hydrogen-bond acceptors (Lipinski definition) is 4. The minimum absolute atomic E-state index is 0.196. The molecule has 3 aromatic rings. The summed E-state index contributed by atoms with van der Waals surface area (Å²) in [6, 6.07) is 11.2. The van der Waals surface area contributed by atoms with E-state index in [9.17, 15) is 9.59 Å². The molecule has 0 radical (unpaired) electrons. The Hall–Kier alpha value is -2.64. The fraction of sp³-hybridized carbons (Fsp3) is 0.250. The monoisotopic (exact) mass is 414 g/mol. The van der Waals surface area contributed by atoms with E-state index in [-0.39, 0.29) is 16.6 Å². The maximum atomic E-state index is 12.6. The summed E-state index contributed by atoms with van der Waals surface area (Å²) in [5, 5.41) is 4.54. The van der Waals surface area contributed by atoms with Crippen LogP contribution >= 0.6 is 22.9 Å². The van der Waals surface area contributed by atoms with Crippen LogP contribution in [-0.4, -0.2) is 21.6 Å². The highest BCUT2D eigenvalue weighted by Gasteiger charge is 2.22. The smallest absolute Gasteiger partial charge is 0.267 e. The Bertz CT molecular complexity index is 1020. The van der Waals surface area contributed by atoms with Gasteiger partial charge in [-0.05, 0) is 56.4 Å². The van der Waals surface area contributed by atoms with Crippen molar-refractivity contribution in [2.24, 2.45) is 0 Å². The number of para-hydroxylation sites is 1. The molecule has 2 heterocycles. The van der Waals surface area contributed by atoms with E-state index in [0.29, 0.717) is 10.6 Å². The van der Waals surface area contributed by atoms with Crippen LogP contribution in [0.5, 0.6) is 0 Å². The Morgan fingerprint density at radius 3 is 2.57 bits per heavy atom. The number of halogens is 1. The number of nitrogens with zero attached hydrogens (tertiary/aromatic N) is 2. The molecule has 2 amide bonds. The van der Waals surface area contributed by atoms with E-state index in [1.807, 2.05) is 36.4 Å². The summed E-state index contributed by atoms with van der Waals surface area (Å²) in [4.78, 5) is 26.9. The molecule has 0 saturated carbocycles. The number of hydrazine groups is 1. The molecule has 1 aliphatic rings. The minimum atomic E-state index is -0.501. The van der Waals surface area contributed by atoms with Crippen LogP contribution in [0.15, 0.2) is 36.4 Å². The lowest BCUT2D eigenvalue weighted by Gasteiger charge is -2.08. The molecular formula is C20H19ClN4O2S. The van der Waals surface area contributed by atoms with Gasteiger partial charge in [-0.2, -0.15) is 5.10 Å². The first-order valence-electron chi connectivity index (χ1n) is 9.07. The fourth-order valence-electron chi connectivity index (χ4n) is 3.34. The summed E-state index contributed by atoms with van der Waals surface area (Å²) in [6.07, 6.45) is 4.35. The summed E-state index contributed by atoms with van der Waals surface area (Å²) in [5.41, 5.74) is 7.65. The van der Waals surface area contributed by atoms with Crippen LogP contribution in [0.2, 0.25) is 5.15 Å². The average Bonchev–Trinajstić information content (AvgIpc) is 3.27. The third-order valence-corrected chi connectivity index (χ3v) is 6.33. The van der Waals surface area contributed by atoms with Crippen LogP contribution in [-0.2, 0) is 12.8 Å². The largest absolute Gasteiger partial charge is 0.279 e. The summed E-state index contributed by atoms with van der Waals surface area (Å²) >= 11 is 7.88. The molecular weight excluding hydrogens is 396 g/mol. The van der Waals surface area contributed by atoms with Crippen LogP contribution < -0.4 is 10.9 Å². The van der Waals surface area contributed by atoms with Gasteiger partial charge in [0, 0.05) is 4.88 Å². The lowest BCUT2D eigenvalue weighted by Crippen LogP contribution is -2.41. The Morgan fingerprint density at radius 2 is 1.82 bits per heavy atom. The fourth-order valence-corrected chi connectivity index (χ4v) is 4.84. The molecule has 6 nitrogen and oxygen atoms in total. The molecule has 28 heavy (non-hydrogen) atoms. The highest BCUT2D eigenvalue weighted by Crippen LogP contribution is 2.29. The second kappa shape index (κ2) is 7.77. The second-order valence-electron chi connectivity index (χ2n) is 6.67. The van der Waals surface area contributed by atoms with Crippen molar-refractivity contribution in [2.45, 2.75) is 32.6 Å². The lowest BCUT2D eigenvalue weighted by atomic mass is 9.99. The number of aromatic nitrogens is 2. The van der Waals surface area contributed by atoms with Crippen LogP contribution in [0.4, 0.5) is 0 Å². The van der Waals surface area contributed by atoms with Crippen molar-refractivity contribution in [3.05, 3.63) is 68.1 Å². The maximum absolute atomic E-state index is 12.6. The number of aryl methyl sites for hydroxylation is 3. The molecule has 0 atom stereocenters. The van der Waals surface area contributed by atoms with E-state index in [1.165, 1.54) is 26.5 Å². The molecule has 0 bridgehead atoms. The Labute approximate surface area is 171 Å². The molecule has 1 aromatic carbocycles. The first kappa shape index (κ1) is 18.7. The molecule has 0 saturated heterocycles. The predicted octanol–water partition coefficient (Wildman–Crippen LogP) is 3.85. The number of carbonyl (C=O) groups excluding carboxylic acids is 2. The van der Waals surface area contributed by atoms with Crippen molar-refractivity contribution in [1.29, 1.82) is 0 Å². The van der Waals surface area contributed by atoms with E-state index in [4.69, 9.17) is 11.6 Å². The van der Waals surface area contributed by atoms with Crippen molar-refractivity contribution >= 4 is 34.8 Å². The SMILES string of the molecule is Cc1nn(-c2ccccc2)c(Cl)c1C(=O)NNC(=O)c1cc2c(s1)CCCC2. The van der Waals surface area contributed by atoms with Gasteiger partial charge in [-0.15, -0.1) is 11.3 Å². The molecule has 8 heteroatoms. The van der Waals surface area contributed by atoms with Crippen LogP contribution in [0.1, 0.15) is 49.0 Å². The third kappa shape index (κ3) is 3.55. The number of amides is 2. The molecule has 144 valence electrons. The van der Waals surface area contributed by atoms with E-state index >= 15 is 0 Å².